The first kappa shape index (κ1) is 19.7. The molecule has 1 N–H and O–H groups in total. The molecular weight excluding hydrogens is 403 g/mol. The molecule has 7 heteroatoms. The van der Waals surface area contributed by atoms with Crippen molar-refractivity contribution >= 4 is 45.6 Å². The van der Waals surface area contributed by atoms with Crippen molar-refractivity contribution in [1.29, 1.82) is 0 Å². The van der Waals surface area contributed by atoms with E-state index in [0.717, 1.165) is 22.6 Å². The highest BCUT2D eigenvalue weighted by atomic mass is 35.5. The van der Waals surface area contributed by atoms with Gasteiger partial charge in [-0.1, -0.05) is 35.3 Å². The van der Waals surface area contributed by atoms with Gasteiger partial charge in [0.1, 0.15) is 5.75 Å². The number of aromatic nitrogens is 1. The zero-order valence-electron chi connectivity index (χ0n) is 14.7. The van der Waals surface area contributed by atoms with Crippen LogP contribution in [0, 0.1) is 6.92 Å². The highest BCUT2D eigenvalue weighted by Gasteiger charge is 2.08. The maximum Gasteiger partial charge on any atom is 0.226 e. The molecule has 3 aromatic rings. The van der Waals surface area contributed by atoms with Gasteiger partial charge in [-0.15, -0.1) is 11.3 Å². The SMILES string of the molecule is Cc1cc(Cl)ccc1OCCCC(=O)Nc1nc(-c2ccc(Cl)cc2)cs1. The first-order chi connectivity index (χ1) is 13.0. The molecule has 1 heterocycles. The van der Waals surface area contributed by atoms with Gasteiger partial charge in [-0.05, 0) is 49.2 Å². The highest BCUT2D eigenvalue weighted by molar-refractivity contribution is 7.14. The van der Waals surface area contributed by atoms with Gasteiger partial charge in [-0.3, -0.25) is 4.79 Å². The Labute approximate surface area is 172 Å². The number of nitrogens with one attached hydrogen (secondary N) is 1. The molecule has 27 heavy (non-hydrogen) atoms. The summed E-state index contributed by atoms with van der Waals surface area (Å²) < 4.78 is 5.70. The lowest BCUT2D eigenvalue weighted by atomic mass is 10.2. The number of nitrogens with zero attached hydrogens (tertiary/aromatic N) is 1. The number of ether oxygens (including phenoxy) is 1. The molecule has 2 aromatic carbocycles. The van der Waals surface area contributed by atoms with Crippen molar-refractivity contribution in [3.05, 3.63) is 63.5 Å². The van der Waals surface area contributed by atoms with Crippen LogP contribution in [0.3, 0.4) is 0 Å². The van der Waals surface area contributed by atoms with Gasteiger partial charge in [0.15, 0.2) is 5.13 Å². The quantitative estimate of drug-likeness (QED) is 0.461. The zero-order valence-corrected chi connectivity index (χ0v) is 17.0. The molecule has 0 saturated heterocycles. The third kappa shape index (κ3) is 5.70. The van der Waals surface area contributed by atoms with E-state index in [0.29, 0.717) is 34.6 Å². The van der Waals surface area contributed by atoms with Crippen LogP contribution in [-0.4, -0.2) is 17.5 Å². The molecule has 0 atom stereocenters. The fourth-order valence-corrected chi connectivity index (χ4v) is 3.54. The number of benzene rings is 2. The van der Waals surface area contributed by atoms with Gasteiger partial charge in [0.25, 0.3) is 0 Å². The van der Waals surface area contributed by atoms with Crippen molar-refractivity contribution in [2.24, 2.45) is 0 Å². The van der Waals surface area contributed by atoms with E-state index in [9.17, 15) is 4.79 Å². The Morgan fingerprint density at radius 1 is 1.15 bits per heavy atom. The number of carbonyl (C=O) groups excluding carboxylic acids is 1. The van der Waals surface area contributed by atoms with Crippen LogP contribution in [0.1, 0.15) is 18.4 Å². The first-order valence-electron chi connectivity index (χ1n) is 8.41. The van der Waals surface area contributed by atoms with Crippen molar-refractivity contribution in [1.82, 2.24) is 4.98 Å². The summed E-state index contributed by atoms with van der Waals surface area (Å²) in [5.74, 6) is 0.704. The normalized spacial score (nSPS) is 10.6. The van der Waals surface area contributed by atoms with Crippen molar-refractivity contribution < 1.29 is 9.53 Å². The van der Waals surface area contributed by atoms with Crippen molar-refractivity contribution in [2.45, 2.75) is 19.8 Å². The summed E-state index contributed by atoms with van der Waals surface area (Å²) >= 11 is 13.2. The molecule has 1 aromatic heterocycles. The molecule has 0 aliphatic rings. The average Bonchev–Trinajstić information content (AvgIpc) is 3.09. The minimum atomic E-state index is -0.0802. The van der Waals surface area contributed by atoms with Crippen molar-refractivity contribution in [2.75, 3.05) is 11.9 Å². The number of hydrogen-bond donors (Lipinski definition) is 1. The summed E-state index contributed by atoms with van der Waals surface area (Å²) in [7, 11) is 0. The van der Waals surface area contributed by atoms with E-state index in [1.165, 1.54) is 11.3 Å². The Morgan fingerprint density at radius 2 is 1.89 bits per heavy atom. The molecule has 0 fully saturated rings. The fraction of sp³-hybridized carbons (Fsp3) is 0.200. The molecular formula is C20H18Cl2N2O2S. The van der Waals surface area contributed by atoms with Crippen LogP contribution in [0.15, 0.2) is 47.8 Å². The van der Waals surface area contributed by atoms with Gasteiger partial charge < -0.3 is 10.1 Å². The molecule has 0 radical (unpaired) electrons. The van der Waals surface area contributed by atoms with Crippen molar-refractivity contribution in [3.8, 4) is 17.0 Å². The van der Waals surface area contributed by atoms with Crippen LogP contribution < -0.4 is 10.1 Å². The highest BCUT2D eigenvalue weighted by Crippen LogP contribution is 2.26. The van der Waals surface area contributed by atoms with Crippen LogP contribution in [0.5, 0.6) is 5.75 Å². The summed E-state index contributed by atoms with van der Waals surface area (Å²) in [5, 5.41) is 6.68. The molecule has 0 spiro atoms. The fourth-order valence-electron chi connectivity index (χ4n) is 2.46. The van der Waals surface area contributed by atoms with Crippen LogP contribution in [0.25, 0.3) is 11.3 Å². The number of amides is 1. The molecule has 1 amide bonds. The first-order valence-corrected chi connectivity index (χ1v) is 10.0. The van der Waals surface area contributed by atoms with E-state index in [1.807, 2.05) is 48.7 Å². The van der Waals surface area contributed by atoms with Crippen LogP contribution in [0.4, 0.5) is 5.13 Å². The summed E-state index contributed by atoms with van der Waals surface area (Å²) in [4.78, 5) is 16.5. The lowest BCUT2D eigenvalue weighted by Crippen LogP contribution is -2.12. The van der Waals surface area contributed by atoms with Crippen LogP contribution in [-0.2, 0) is 4.79 Å². The number of aryl methyl sites for hydroxylation is 1. The maximum atomic E-state index is 12.1. The number of anilines is 1. The molecule has 3 rings (SSSR count). The van der Waals surface area contributed by atoms with E-state index in [1.54, 1.807) is 6.07 Å². The van der Waals surface area contributed by atoms with Gasteiger partial charge in [0.2, 0.25) is 5.91 Å². The molecule has 0 unspecified atom stereocenters. The van der Waals surface area contributed by atoms with E-state index in [-0.39, 0.29) is 5.91 Å². The van der Waals surface area contributed by atoms with Gasteiger partial charge in [-0.2, -0.15) is 0 Å². The minimum Gasteiger partial charge on any atom is -0.493 e. The Hall–Kier alpha value is -2.08. The standard InChI is InChI=1S/C20H18Cl2N2O2S/c1-13-11-16(22)8-9-18(13)26-10-2-3-19(25)24-20-23-17(12-27-20)14-4-6-15(21)7-5-14/h4-9,11-12H,2-3,10H2,1H3,(H,23,24,25). The van der Waals surface area contributed by atoms with Crippen LogP contribution >= 0.6 is 34.5 Å². The average molecular weight is 421 g/mol. The van der Waals surface area contributed by atoms with Gasteiger partial charge in [0.05, 0.1) is 12.3 Å². The second-order valence-corrected chi connectivity index (χ2v) is 7.69. The summed E-state index contributed by atoms with van der Waals surface area (Å²) in [6.45, 7) is 2.40. The third-order valence-electron chi connectivity index (χ3n) is 3.83. The Balaban J connectivity index is 1.45. The second kappa shape index (κ2) is 9.22. The lowest BCUT2D eigenvalue weighted by Gasteiger charge is -2.09. The topological polar surface area (TPSA) is 51.2 Å². The number of halogens is 2. The maximum absolute atomic E-state index is 12.1. The number of hydrogen-bond acceptors (Lipinski definition) is 4. The molecule has 0 bridgehead atoms. The lowest BCUT2D eigenvalue weighted by molar-refractivity contribution is -0.116. The third-order valence-corrected chi connectivity index (χ3v) is 5.08. The smallest absolute Gasteiger partial charge is 0.226 e. The molecule has 4 nitrogen and oxygen atoms in total. The van der Waals surface area contributed by atoms with Crippen LogP contribution in [0.2, 0.25) is 10.0 Å². The Morgan fingerprint density at radius 3 is 2.63 bits per heavy atom. The minimum absolute atomic E-state index is 0.0802. The molecule has 0 aliphatic carbocycles. The Kier molecular flexibility index (Phi) is 6.72. The number of carbonyl (C=O) groups is 1. The predicted octanol–water partition coefficient (Wildman–Crippen LogP) is 6.22. The summed E-state index contributed by atoms with van der Waals surface area (Å²) in [5.41, 5.74) is 2.75. The van der Waals surface area contributed by atoms with Crippen molar-refractivity contribution in [3.63, 3.8) is 0 Å². The number of rotatable bonds is 7. The molecule has 140 valence electrons. The van der Waals surface area contributed by atoms with E-state index in [4.69, 9.17) is 27.9 Å². The van der Waals surface area contributed by atoms with E-state index < -0.39 is 0 Å². The molecule has 0 aliphatic heterocycles. The summed E-state index contributed by atoms with van der Waals surface area (Å²) in [6.07, 6.45) is 0.978. The molecule has 0 saturated carbocycles. The van der Waals surface area contributed by atoms with E-state index in [2.05, 4.69) is 10.3 Å². The van der Waals surface area contributed by atoms with Gasteiger partial charge >= 0.3 is 0 Å². The zero-order chi connectivity index (χ0) is 19.2. The second-order valence-electron chi connectivity index (χ2n) is 5.95. The largest absolute Gasteiger partial charge is 0.493 e. The predicted molar refractivity (Wildman–Crippen MR) is 112 cm³/mol. The van der Waals surface area contributed by atoms with Gasteiger partial charge in [-0.25, -0.2) is 4.98 Å². The van der Waals surface area contributed by atoms with E-state index >= 15 is 0 Å². The monoisotopic (exact) mass is 420 g/mol. The number of thiazole rings is 1. The summed E-state index contributed by atoms with van der Waals surface area (Å²) in [6, 6.07) is 12.9. The Bertz CT molecular complexity index is 926. The van der Waals surface area contributed by atoms with Gasteiger partial charge in [0, 0.05) is 27.4 Å².